The van der Waals surface area contributed by atoms with Crippen LogP contribution in [-0.4, -0.2) is 38.3 Å². The van der Waals surface area contributed by atoms with Crippen molar-refractivity contribution in [3.05, 3.63) is 22.8 Å². The van der Waals surface area contributed by atoms with E-state index in [1.165, 1.54) is 0 Å². The third-order valence-electron chi connectivity index (χ3n) is 2.61. The fraction of sp³-hybridized carbons (Fsp3) is 0.615. The molecule has 0 amide bonds. The summed E-state index contributed by atoms with van der Waals surface area (Å²) in [6.07, 6.45) is 0. The molecule has 0 aliphatic carbocycles. The number of hydrogen-bond acceptors (Lipinski definition) is 4. The van der Waals surface area contributed by atoms with Gasteiger partial charge in [0.05, 0.1) is 17.3 Å². The molecule has 102 valence electrons. The molecule has 0 spiro atoms. The second kappa shape index (κ2) is 8.29. The van der Waals surface area contributed by atoms with Gasteiger partial charge in [-0.3, -0.25) is 0 Å². The molecule has 0 aliphatic rings. The van der Waals surface area contributed by atoms with Crippen molar-refractivity contribution in [2.75, 3.05) is 38.3 Å². The van der Waals surface area contributed by atoms with Crippen molar-refractivity contribution in [1.82, 2.24) is 10.3 Å². The van der Waals surface area contributed by atoms with Crippen LogP contribution in [-0.2, 0) is 11.3 Å². The molecule has 0 atom stereocenters. The Labute approximate surface area is 114 Å². The third-order valence-corrected chi connectivity index (χ3v) is 2.96. The predicted octanol–water partition coefficient (Wildman–Crippen LogP) is 2.32. The van der Waals surface area contributed by atoms with Crippen LogP contribution in [0.4, 0.5) is 5.82 Å². The van der Waals surface area contributed by atoms with Crippen LogP contribution < -0.4 is 10.2 Å². The van der Waals surface area contributed by atoms with E-state index in [2.05, 4.69) is 22.1 Å². The molecular weight excluding hydrogens is 250 g/mol. The largest absolute Gasteiger partial charge is 0.380 e. The van der Waals surface area contributed by atoms with Crippen LogP contribution in [0.5, 0.6) is 0 Å². The Morgan fingerprint density at radius 3 is 2.83 bits per heavy atom. The number of rotatable bonds is 8. The molecule has 0 unspecified atom stereocenters. The van der Waals surface area contributed by atoms with Gasteiger partial charge in [-0.1, -0.05) is 18.5 Å². The summed E-state index contributed by atoms with van der Waals surface area (Å²) in [6.45, 7) is 7.93. The topological polar surface area (TPSA) is 37.4 Å². The Hall–Kier alpha value is -0.840. The molecule has 18 heavy (non-hydrogen) atoms. The zero-order valence-electron chi connectivity index (χ0n) is 11.4. The van der Waals surface area contributed by atoms with Gasteiger partial charge in [-0.15, -0.1) is 0 Å². The minimum Gasteiger partial charge on any atom is -0.380 e. The van der Waals surface area contributed by atoms with Crippen LogP contribution in [0.3, 0.4) is 0 Å². The molecule has 0 aromatic carbocycles. The van der Waals surface area contributed by atoms with Gasteiger partial charge in [-0.2, -0.15) is 0 Å². The molecule has 0 saturated carbocycles. The molecule has 1 rings (SSSR count). The van der Waals surface area contributed by atoms with E-state index in [4.69, 9.17) is 16.3 Å². The number of hydrogen-bond donors (Lipinski definition) is 1. The first-order chi connectivity index (χ1) is 8.69. The van der Waals surface area contributed by atoms with Crippen molar-refractivity contribution >= 4 is 17.4 Å². The Morgan fingerprint density at radius 1 is 1.39 bits per heavy atom. The number of aromatic nitrogens is 1. The maximum Gasteiger partial charge on any atom is 0.128 e. The van der Waals surface area contributed by atoms with E-state index in [-0.39, 0.29) is 0 Å². The van der Waals surface area contributed by atoms with Gasteiger partial charge in [-0.05, 0) is 25.6 Å². The van der Waals surface area contributed by atoms with E-state index < -0.39 is 0 Å². The fourth-order valence-corrected chi connectivity index (χ4v) is 1.69. The van der Waals surface area contributed by atoms with Crippen LogP contribution in [0.2, 0.25) is 5.02 Å². The first kappa shape index (κ1) is 15.2. The van der Waals surface area contributed by atoms with Gasteiger partial charge in [0, 0.05) is 26.7 Å². The highest BCUT2D eigenvalue weighted by atomic mass is 35.5. The van der Waals surface area contributed by atoms with E-state index in [0.717, 1.165) is 31.2 Å². The number of ether oxygens (including phenoxy) is 1. The molecular formula is C13H22ClN3O. The van der Waals surface area contributed by atoms with Gasteiger partial charge < -0.3 is 15.0 Å². The van der Waals surface area contributed by atoms with E-state index in [9.17, 15) is 0 Å². The van der Waals surface area contributed by atoms with Crippen LogP contribution in [0.25, 0.3) is 0 Å². The average molecular weight is 272 g/mol. The normalized spacial score (nSPS) is 10.7. The SMILES string of the molecule is CCNCc1nc(N(C)CCOCC)ccc1Cl. The first-order valence-electron chi connectivity index (χ1n) is 6.34. The second-order valence-electron chi connectivity index (χ2n) is 4.00. The summed E-state index contributed by atoms with van der Waals surface area (Å²) in [5, 5.41) is 3.94. The molecule has 1 aromatic heterocycles. The van der Waals surface area contributed by atoms with Crippen molar-refractivity contribution in [3.8, 4) is 0 Å². The van der Waals surface area contributed by atoms with Crippen LogP contribution in [0.1, 0.15) is 19.5 Å². The monoisotopic (exact) mass is 271 g/mol. The lowest BCUT2D eigenvalue weighted by atomic mass is 10.3. The smallest absolute Gasteiger partial charge is 0.128 e. The van der Waals surface area contributed by atoms with E-state index in [0.29, 0.717) is 18.2 Å². The number of nitrogens with zero attached hydrogens (tertiary/aromatic N) is 2. The lowest BCUT2D eigenvalue weighted by Gasteiger charge is -2.19. The number of anilines is 1. The summed E-state index contributed by atoms with van der Waals surface area (Å²) in [4.78, 5) is 6.64. The minimum absolute atomic E-state index is 0.697. The predicted molar refractivity (Wildman–Crippen MR) is 76.4 cm³/mol. The Kier molecular flexibility index (Phi) is 7.01. The van der Waals surface area contributed by atoms with Crippen LogP contribution >= 0.6 is 11.6 Å². The maximum atomic E-state index is 6.12. The van der Waals surface area contributed by atoms with Gasteiger partial charge in [-0.25, -0.2) is 4.98 Å². The molecule has 0 aliphatic heterocycles. The number of pyridine rings is 1. The Bertz CT molecular complexity index is 360. The number of halogens is 1. The summed E-state index contributed by atoms with van der Waals surface area (Å²) in [5.74, 6) is 0.923. The molecule has 0 bridgehead atoms. The lowest BCUT2D eigenvalue weighted by molar-refractivity contribution is 0.154. The van der Waals surface area contributed by atoms with E-state index in [1.54, 1.807) is 0 Å². The van der Waals surface area contributed by atoms with Crippen LogP contribution in [0, 0.1) is 0 Å². The van der Waals surface area contributed by atoms with E-state index in [1.807, 2.05) is 26.1 Å². The average Bonchev–Trinajstić information content (AvgIpc) is 2.38. The number of nitrogens with one attached hydrogen (secondary N) is 1. The molecule has 4 nitrogen and oxygen atoms in total. The highest BCUT2D eigenvalue weighted by Gasteiger charge is 2.07. The summed E-state index contributed by atoms with van der Waals surface area (Å²) in [7, 11) is 2.01. The fourth-order valence-electron chi connectivity index (χ4n) is 1.51. The summed E-state index contributed by atoms with van der Waals surface area (Å²) in [5.41, 5.74) is 0.888. The van der Waals surface area contributed by atoms with Gasteiger partial charge in [0.15, 0.2) is 0 Å². The molecule has 0 fully saturated rings. The van der Waals surface area contributed by atoms with Gasteiger partial charge in [0.1, 0.15) is 5.82 Å². The number of likely N-dealkylation sites (N-methyl/N-ethyl adjacent to an activating group) is 1. The quantitative estimate of drug-likeness (QED) is 0.737. The highest BCUT2D eigenvalue weighted by Crippen LogP contribution is 2.18. The summed E-state index contributed by atoms with van der Waals surface area (Å²) >= 11 is 6.12. The molecule has 1 heterocycles. The highest BCUT2D eigenvalue weighted by molar-refractivity contribution is 6.31. The van der Waals surface area contributed by atoms with Crippen LogP contribution in [0.15, 0.2) is 12.1 Å². The van der Waals surface area contributed by atoms with Gasteiger partial charge in [0.2, 0.25) is 0 Å². The first-order valence-corrected chi connectivity index (χ1v) is 6.71. The molecule has 0 saturated heterocycles. The molecule has 1 N–H and O–H groups in total. The van der Waals surface area contributed by atoms with Crippen molar-refractivity contribution < 1.29 is 4.74 Å². The maximum absolute atomic E-state index is 6.12. The van der Waals surface area contributed by atoms with E-state index >= 15 is 0 Å². The summed E-state index contributed by atoms with van der Waals surface area (Å²) < 4.78 is 5.34. The molecule has 5 heteroatoms. The lowest BCUT2D eigenvalue weighted by Crippen LogP contribution is -2.24. The zero-order chi connectivity index (χ0) is 13.4. The van der Waals surface area contributed by atoms with Crippen molar-refractivity contribution in [1.29, 1.82) is 0 Å². The molecule has 1 aromatic rings. The zero-order valence-corrected chi connectivity index (χ0v) is 12.1. The van der Waals surface area contributed by atoms with Crippen molar-refractivity contribution in [3.63, 3.8) is 0 Å². The molecule has 0 radical (unpaired) electrons. The summed E-state index contributed by atoms with van der Waals surface area (Å²) in [6, 6.07) is 3.83. The van der Waals surface area contributed by atoms with Crippen molar-refractivity contribution in [2.24, 2.45) is 0 Å². The standard InChI is InChI=1S/C13H22ClN3O/c1-4-15-10-12-11(14)6-7-13(16-12)17(3)8-9-18-5-2/h6-7,15H,4-5,8-10H2,1-3H3. The third kappa shape index (κ3) is 4.80. The Morgan fingerprint density at radius 2 is 2.17 bits per heavy atom. The second-order valence-corrected chi connectivity index (χ2v) is 4.40. The Balaban J connectivity index is 2.64. The van der Waals surface area contributed by atoms with Crippen molar-refractivity contribution in [2.45, 2.75) is 20.4 Å². The van der Waals surface area contributed by atoms with Gasteiger partial charge >= 0.3 is 0 Å². The van der Waals surface area contributed by atoms with Gasteiger partial charge in [0.25, 0.3) is 0 Å². The minimum atomic E-state index is 0.697.